The van der Waals surface area contributed by atoms with Crippen LogP contribution in [0.25, 0.3) is 0 Å². The van der Waals surface area contributed by atoms with Gasteiger partial charge in [0, 0.05) is 11.1 Å². The first-order valence-electron chi connectivity index (χ1n) is 5.85. The number of benzene rings is 1. The van der Waals surface area contributed by atoms with E-state index in [4.69, 9.17) is 26.2 Å². The van der Waals surface area contributed by atoms with Crippen molar-refractivity contribution in [3.8, 4) is 11.5 Å². The summed E-state index contributed by atoms with van der Waals surface area (Å²) in [6.07, 6.45) is 3.49. The van der Waals surface area contributed by atoms with Gasteiger partial charge in [-0.2, -0.15) is 0 Å². The molecule has 1 saturated carbocycles. The Morgan fingerprint density at radius 1 is 1.50 bits per heavy atom. The van der Waals surface area contributed by atoms with Crippen LogP contribution in [0.3, 0.4) is 0 Å². The van der Waals surface area contributed by atoms with Crippen molar-refractivity contribution in [2.45, 2.75) is 19.3 Å². The summed E-state index contributed by atoms with van der Waals surface area (Å²) in [5.41, 5.74) is 0.0404. The molecule has 5 heteroatoms. The van der Waals surface area contributed by atoms with Crippen LogP contribution in [0.2, 0.25) is 5.02 Å². The third kappa shape index (κ3) is 2.70. The molecule has 18 heavy (non-hydrogen) atoms. The molecule has 1 aromatic rings. The summed E-state index contributed by atoms with van der Waals surface area (Å²) in [4.78, 5) is 11.2. The fourth-order valence-corrected chi connectivity index (χ4v) is 2.10. The Balaban J connectivity index is 2.25. The zero-order valence-corrected chi connectivity index (χ0v) is 10.9. The van der Waals surface area contributed by atoms with Crippen molar-refractivity contribution in [3.63, 3.8) is 0 Å². The summed E-state index contributed by atoms with van der Waals surface area (Å²) in [6.45, 7) is 0.526. The number of carbonyl (C=O) groups is 1. The van der Waals surface area contributed by atoms with Crippen molar-refractivity contribution < 1.29 is 19.4 Å². The van der Waals surface area contributed by atoms with Crippen LogP contribution in [0.1, 0.15) is 29.6 Å². The molecule has 1 N–H and O–H groups in total. The molecule has 0 atom stereocenters. The van der Waals surface area contributed by atoms with E-state index in [2.05, 4.69) is 0 Å². The van der Waals surface area contributed by atoms with E-state index in [0.29, 0.717) is 23.3 Å². The van der Waals surface area contributed by atoms with E-state index in [0.717, 1.165) is 12.8 Å². The molecule has 0 aromatic heterocycles. The molecule has 1 aliphatic rings. The van der Waals surface area contributed by atoms with Crippen molar-refractivity contribution >= 4 is 17.6 Å². The molecule has 0 heterocycles. The fraction of sp³-hybridized carbons (Fsp3) is 0.462. The lowest BCUT2D eigenvalue weighted by atomic mass is 9.86. The average molecular weight is 271 g/mol. The van der Waals surface area contributed by atoms with E-state index in [1.54, 1.807) is 6.07 Å². The third-order valence-corrected chi connectivity index (χ3v) is 3.38. The second-order valence-electron chi connectivity index (χ2n) is 4.40. The molecule has 1 aliphatic carbocycles. The van der Waals surface area contributed by atoms with Gasteiger partial charge in [-0.15, -0.1) is 0 Å². The van der Waals surface area contributed by atoms with Gasteiger partial charge >= 0.3 is 5.97 Å². The first-order valence-corrected chi connectivity index (χ1v) is 6.23. The van der Waals surface area contributed by atoms with Gasteiger partial charge in [0.15, 0.2) is 11.5 Å². The Morgan fingerprint density at radius 3 is 2.72 bits per heavy atom. The molecule has 2 rings (SSSR count). The summed E-state index contributed by atoms with van der Waals surface area (Å²) < 4.78 is 10.7. The Kier molecular flexibility index (Phi) is 3.97. The van der Waals surface area contributed by atoms with Crippen molar-refractivity contribution in [3.05, 3.63) is 22.7 Å². The highest BCUT2D eigenvalue weighted by atomic mass is 35.5. The molecule has 98 valence electrons. The number of aromatic carboxylic acids is 1. The maximum Gasteiger partial charge on any atom is 0.339 e. The van der Waals surface area contributed by atoms with Crippen LogP contribution in [0.15, 0.2) is 12.1 Å². The van der Waals surface area contributed by atoms with E-state index < -0.39 is 5.97 Å². The van der Waals surface area contributed by atoms with Gasteiger partial charge in [0.1, 0.15) is 5.56 Å². The molecule has 0 saturated heterocycles. The maximum atomic E-state index is 11.2. The lowest BCUT2D eigenvalue weighted by molar-refractivity contribution is 0.0688. The molecular weight excluding hydrogens is 256 g/mol. The minimum atomic E-state index is -1.07. The van der Waals surface area contributed by atoms with Crippen LogP contribution in [-0.2, 0) is 0 Å². The van der Waals surface area contributed by atoms with E-state index in [1.807, 2.05) is 0 Å². The Morgan fingerprint density at radius 2 is 2.22 bits per heavy atom. The minimum absolute atomic E-state index is 0.0404. The molecule has 1 fully saturated rings. The molecule has 4 nitrogen and oxygen atoms in total. The monoisotopic (exact) mass is 270 g/mol. The highest BCUT2D eigenvalue weighted by Gasteiger charge is 2.22. The molecule has 1 aromatic carbocycles. The van der Waals surface area contributed by atoms with Crippen molar-refractivity contribution in [1.82, 2.24) is 0 Å². The highest BCUT2D eigenvalue weighted by molar-refractivity contribution is 6.31. The zero-order chi connectivity index (χ0) is 13.1. The lowest BCUT2D eigenvalue weighted by Gasteiger charge is -2.26. The lowest BCUT2D eigenvalue weighted by Crippen LogP contribution is -2.20. The van der Waals surface area contributed by atoms with Crippen LogP contribution < -0.4 is 9.47 Å². The van der Waals surface area contributed by atoms with Crippen LogP contribution >= 0.6 is 11.6 Å². The van der Waals surface area contributed by atoms with Gasteiger partial charge in [-0.25, -0.2) is 4.79 Å². The van der Waals surface area contributed by atoms with E-state index >= 15 is 0 Å². The molecule has 0 spiro atoms. The third-order valence-electron chi connectivity index (χ3n) is 3.16. The number of hydrogen-bond donors (Lipinski definition) is 1. The predicted molar refractivity (Wildman–Crippen MR) is 67.8 cm³/mol. The summed E-state index contributed by atoms with van der Waals surface area (Å²) in [7, 11) is 1.47. The first-order chi connectivity index (χ1) is 8.61. The fourth-order valence-electron chi connectivity index (χ4n) is 1.89. The first kappa shape index (κ1) is 13.0. The van der Waals surface area contributed by atoms with E-state index in [9.17, 15) is 4.79 Å². The van der Waals surface area contributed by atoms with E-state index in [-0.39, 0.29) is 11.3 Å². The topological polar surface area (TPSA) is 55.8 Å². The minimum Gasteiger partial charge on any atom is -0.493 e. The number of halogens is 1. The quantitative estimate of drug-likeness (QED) is 0.892. The van der Waals surface area contributed by atoms with Gasteiger partial charge in [-0.3, -0.25) is 0 Å². The number of rotatable bonds is 5. The molecule has 0 bridgehead atoms. The largest absolute Gasteiger partial charge is 0.493 e. The number of carboxylic acid groups (broad SMARTS) is 1. The summed E-state index contributed by atoms with van der Waals surface area (Å²) in [6, 6.07) is 2.94. The molecule has 0 radical (unpaired) electrons. The molecule has 0 amide bonds. The van der Waals surface area contributed by atoms with Gasteiger partial charge in [0.25, 0.3) is 0 Å². The van der Waals surface area contributed by atoms with Gasteiger partial charge in [-0.1, -0.05) is 18.0 Å². The van der Waals surface area contributed by atoms with Gasteiger partial charge in [0.2, 0.25) is 0 Å². The van der Waals surface area contributed by atoms with Crippen LogP contribution in [0, 0.1) is 5.92 Å². The summed E-state index contributed by atoms with van der Waals surface area (Å²) in [5, 5.41) is 9.47. The average Bonchev–Trinajstić information content (AvgIpc) is 2.27. The number of ether oxygens (including phenoxy) is 2. The second-order valence-corrected chi connectivity index (χ2v) is 4.83. The normalized spacial score (nSPS) is 15.0. The second kappa shape index (κ2) is 5.48. The smallest absolute Gasteiger partial charge is 0.339 e. The summed E-state index contributed by atoms with van der Waals surface area (Å²) >= 11 is 5.85. The predicted octanol–water partition coefficient (Wildman–Crippen LogP) is 3.23. The van der Waals surface area contributed by atoms with Crippen molar-refractivity contribution in [2.24, 2.45) is 5.92 Å². The highest BCUT2D eigenvalue weighted by Crippen LogP contribution is 2.36. The van der Waals surface area contributed by atoms with Gasteiger partial charge < -0.3 is 14.6 Å². The standard InChI is InChI=1S/C13H15ClO4/c1-17-11-6-9(14)5-10(13(15)16)12(11)18-7-8-3-2-4-8/h5-6,8H,2-4,7H2,1H3,(H,15,16). The van der Waals surface area contributed by atoms with Crippen molar-refractivity contribution in [1.29, 1.82) is 0 Å². The Labute approximate surface area is 110 Å². The molecule has 0 unspecified atom stereocenters. The summed E-state index contributed by atoms with van der Waals surface area (Å²) in [5.74, 6) is 0.0759. The van der Waals surface area contributed by atoms with E-state index in [1.165, 1.54) is 19.6 Å². The number of methoxy groups -OCH3 is 1. The van der Waals surface area contributed by atoms with Crippen LogP contribution in [0.4, 0.5) is 0 Å². The Hall–Kier alpha value is -1.42. The number of hydrogen-bond acceptors (Lipinski definition) is 3. The Bertz CT molecular complexity index is 455. The van der Waals surface area contributed by atoms with Crippen LogP contribution in [-0.4, -0.2) is 24.8 Å². The van der Waals surface area contributed by atoms with Gasteiger partial charge in [-0.05, 0) is 24.8 Å². The van der Waals surface area contributed by atoms with Crippen LogP contribution in [0.5, 0.6) is 11.5 Å². The van der Waals surface area contributed by atoms with Crippen molar-refractivity contribution in [2.75, 3.05) is 13.7 Å². The molecular formula is C13H15ClO4. The van der Waals surface area contributed by atoms with Gasteiger partial charge in [0.05, 0.1) is 13.7 Å². The molecule has 0 aliphatic heterocycles. The number of carboxylic acids is 1. The SMILES string of the molecule is COc1cc(Cl)cc(C(=O)O)c1OCC1CCC1. The zero-order valence-electron chi connectivity index (χ0n) is 10.1. The maximum absolute atomic E-state index is 11.2.